The lowest BCUT2D eigenvalue weighted by Crippen LogP contribution is -2.43. The number of anilines is 1. The fourth-order valence-electron chi connectivity index (χ4n) is 2.31. The van der Waals surface area contributed by atoms with Gasteiger partial charge in [-0.2, -0.15) is 0 Å². The van der Waals surface area contributed by atoms with E-state index in [-0.39, 0.29) is 17.5 Å². The van der Waals surface area contributed by atoms with Gasteiger partial charge < -0.3 is 20.5 Å². The molecule has 1 heterocycles. The molecule has 1 amide bonds. The van der Waals surface area contributed by atoms with E-state index >= 15 is 0 Å². The normalized spacial score (nSPS) is 18.6. The molecule has 1 aliphatic heterocycles. The van der Waals surface area contributed by atoms with Gasteiger partial charge in [-0.15, -0.1) is 0 Å². The molecule has 8 heteroatoms. The summed E-state index contributed by atoms with van der Waals surface area (Å²) < 4.78 is 5.42. The molecule has 3 N–H and O–H groups in total. The van der Waals surface area contributed by atoms with Crippen molar-refractivity contribution < 1.29 is 19.4 Å². The zero-order chi connectivity index (χ0) is 16.8. The lowest BCUT2D eigenvalue weighted by molar-refractivity contribution is -0.141. The van der Waals surface area contributed by atoms with Gasteiger partial charge in [0.05, 0.1) is 28.3 Å². The number of hydrogen-bond donors (Lipinski definition) is 3. The first-order valence-electron chi connectivity index (χ1n) is 7.29. The molecule has 0 bridgehead atoms. The molecule has 0 aliphatic carbocycles. The Balaban J connectivity index is 1.89. The SMILES string of the molecule is O=C(CC(NCC1CCCO1)C(=O)O)Nc1cccc(Cl)c1Cl. The topological polar surface area (TPSA) is 87.7 Å². The molecule has 0 saturated carbocycles. The molecule has 0 spiro atoms. The molecule has 2 atom stereocenters. The molecule has 1 aromatic rings. The number of carboxylic acids is 1. The Bertz CT molecular complexity index is 577. The number of nitrogens with one attached hydrogen (secondary N) is 2. The van der Waals surface area contributed by atoms with Crippen LogP contribution in [-0.2, 0) is 14.3 Å². The van der Waals surface area contributed by atoms with Gasteiger partial charge in [0.2, 0.25) is 5.91 Å². The smallest absolute Gasteiger partial charge is 0.321 e. The number of carbonyl (C=O) groups excluding carboxylic acids is 1. The standard InChI is InChI=1S/C15H18Cl2N2O4/c16-10-4-1-5-11(14(10)17)19-13(20)7-12(15(21)22)18-8-9-3-2-6-23-9/h1,4-5,9,12,18H,2-3,6-8H2,(H,19,20)(H,21,22). The van der Waals surface area contributed by atoms with Gasteiger partial charge in [-0.05, 0) is 25.0 Å². The van der Waals surface area contributed by atoms with Crippen molar-refractivity contribution in [2.45, 2.75) is 31.4 Å². The third-order valence-electron chi connectivity index (χ3n) is 3.53. The maximum Gasteiger partial charge on any atom is 0.321 e. The van der Waals surface area contributed by atoms with Gasteiger partial charge in [0.15, 0.2) is 0 Å². The predicted molar refractivity (Wildman–Crippen MR) is 88.1 cm³/mol. The highest BCUT2D eigenvalue weighted by atomic mass is 35.5. The maximum absolute atomic E-state index is 12.0. The van der Waals surface area contributed by atoms with E-state index in [4.69, 9.17) is 27.9 Å². The maximum atomic E-state index is 12.0. The van der Waals surface area contributed by atoms with Crippen LogP contribution in [0, 0.1) is 0 Å². The summed E-state index contributed by atoms with van der Waals surface area (Å²) in [6.07, 6.45) is 1.65. The van der Waals surface area contributed by atoms with Crippen LogP contribution in [0.25, 0.3) is 0 Å². The number of benzene rings is 1. The summed E-state index contributed by atoms with van der Waals surface area (Å²) in [4.78, 5) is 23.3. The fraction of sp³-hybridized carbons (Fsp3) is 0.467. The van der Waals surface area contributed by atoms with Gasteiger partial charge in [-0.3, -0.25) is 9.59 Å². The molecular formula is C15H18Cl2N2O4. The molecular weight excluding hydrogens is 343 g/mol. The van der Waals surface area contributed by atoms with Crippen molar-refractivity contribution in [2.75, 3.05) is 18.5 Å². The number of halogens is 2. The molecule has 6 nitrogen and oxygen atoms in total. The number of carboxylic acid groups (broad SMARTS) is 1. The van der Waals surface area contributed by atoms with Crippen LogP contribution in [0.1, 0.15) is 19.3 Å². The summed E-state index contributed by atoms with van der Waals surface area (Å²) in [5.74, 6) is -1.54. The Kier molecular flexibility index (Phi) is 6.65. The Morgan fingerprint density at radius 3 is 2.83 bits per heavy atom. The van der Waals surface area contributed by atoms with Gasteiger partial charge in [-0.25, -0.2) is 0 Å². The van der Waals surface area contributed by atoms with Crippen LogP contribution in [0.15, 0.2) is 18.2 Å². The van der Waals surface area contributed by atoms with E-state index in [0.29, 0.717) is 23.9 Å². The Morgan fingerprint density at radius 1 is 1.39 bits per heavy atom. The average molecular weight is 361 g/mol. The molecule has 1 saturated heterocycles. The first-order valence-corrected chi connectivity index (χ1v) is 8.04. The minimum atomic E-state index is -1.09. The van der Waals surface area contributed by atoms with Crippen molar-refractivity contribution in [1.29, 1.82) is 0 Å². The number of hydrogen-bond acceptors (Lipinski definition) is 4. The number of ether oxygens (including phenoxy) is 1. The second-order valence-electron chi connectivity index (χ2n) is 5.29. The summed E-state index contributed by atoms with van der Waals surface area (Å²) in [6.45, 7) is 1.10. The molecule has 1 fully saturated rings. The highest BCUT2D eigenvalue weighted by Gasteiger charge is 2.24. The Hall–Kier alpha value is -1.34. The van der Waals surface area contributed by atoms with Crippen LogP contribution >= 0.6 is 23.2 Å². The molecule has 0 radical (unpaired) electrons. The molecule has 0 aromatic heterocycles. The minimum Gasteiger partial charge on any atom is -0.480 e. The van der Waals surface area contributed by atoms with E-state index in [0.717, 1.165) is 12.8 Å². The van der Waals surface area contributed by atoms with Crippen molar-refractivity contribution in [3.63, 3.8) is 0 Å². The third-order valence-corrected chi connectivity index (χ3v) is 4.35. The molecule has 23 heavy (non-hydrogen) atoms. The predicted octanol–water partition coefficient (Wildman–Crippen LogP) is 2.54. The molecule has 1 aromatic carbocycles. The summed E-state index contributed by atoms with van der Waals surface area (Å²) in [7, 11) is 0. The zero-order valence-electron chi connectivity index (χ0n) is 12.4. The van der Waals surface area contributed by atoms with Crippen molar-refractivity contribution in [2.24, 2.45) is 0 Å². The minimum absolute atomic E-state index is 0.00212. The van der Waals surface area contributed by atoms with Crippen molar-refractivity contribution in [3.05, 3.63) is 28.2 Å². The van der Waals surface area contributed by atoms with Crippen LogP contribution in [0.2, 0.25) is 10.0 Å². The van der Waals surface area contributed by atoms with Crippen molar-refractivity contribution >= 4 is 40.8 Å². The van der Waals surface area contributed by atoms with Crippen molar-refractivity contribution in [3.8, 4) is 0 Å². The molecule has 1 aliphatic rings. The van der Waals surface area contributed by atoms with Gasteiger partial charge in [0.1, 0.15) is 6.04 Å². The van der Waals surface area contributed by atoms with Gasteiger partial charge >= 0.3 is 5.97 Å². The van der Waals surface area contributed by atoms with Gasteiger partial charge in [0.25, 0.3) is 0 Å². The van der Waals surface area contributed by atoms with E-state index in [1.165, 1.54) is 0 Å². The lowest BCUT2D eigenvalue weighted by atomic mass is 10.1. The van der Waals surface area contributed by atoms with Gasteiger partial charge in [-0.1, -0.05) is 29.3 Å². The van der Waals surface area contributed by atoms with Crippen LogP contribution in [0.3, 0.4) is 0 Å². The summed E-state index contributed by atoms with van der Waals surface area (Å²) in [6, 6.07) is 3.86. The molecule has 126 valence electrons. The summed E-state index contributed by atoms with van der Waals surface area (Å²) in [5.41, 5.74) is 0.354. The van der Waals surface area contributed by atoms with Crippen LogP contribution in [0.4, 0.5) is 5.69 Å². The quantitative estimate of drug-likeness (QED) is 0.695. The first kappa shape index (κ1) is 18.0. The van der Waals surface area contributed by atoms with Crippen LogP contribution < -0.4 is 10.6 Å². The number of rotatable bonds is 7. The summed E-state index contributed by atoms with van der Waals surface area (Å²) >= 11 is 11.9. The first-order chi connectivity index (χ1) is 11.0. The van der Waals surface area contributed by atoms with Gasteiger partial charge in [0, 0.05) is 13.2 Å². The Labute approximate surface area is 144 Å². The average Bonchev–Trinajstić information content (AvgIpc) is 3.01. The number of carbonyl (C=O) groups is 2. The van der Waals surface area contributed by atoms with E-state index < -0.39 is 17.9 Å². The number of aliphatic carboxylic acids is 1. The largest absolute Gasteiger partial charge is 0.480 e. The zero-order valence-corrected chi connectivity index (χ0v) is 13.9. The highest BCUT2D eigenvalue weighted by Crippen LogP contribution is 2.29. The Morgan fingerprint density at radius 2 is 2.17 bits per heavy atom. The van der Waals surface area contributed by atoms with E-state index in [1.807, 2.05) is 0 Å². The van der Waals surface area contributed by atoms with Crippen molar-refractivity contribution in [1.82, 2.24) is 5.32 Å². The van der Waals surface area contributed by atoms with Crippen LogP contribution in [-0.4, -0.2) is 42.3 Å². The fourth-order valence-corrected chi connectivity index (χ4v) is 2.66. The second-order valence-corrected chi connectivity index (χ2v) is 6.07. The monoisotopic (exact) mass is 360 g/mol. The second kappa shape index (κ2) is 8.49. The van der Waals surface area contributed by atoms with E-state index in [2.05, 4.69) is 10.6 Å². The summed E-state index contributed by atoms with van der Waals surface area (Å²) in [5, 5.41) is 15.2. The lowest BCUT2D eigenvalue weighted by Gasteiger charge is -2.17. The van der Waals surface area contributed by atoms with E-state index in [9.17, 15) is 14.7 Å². The third kappa shape index (κ3) is 5.35. The number of amides is 1. The highest BCUT2D eigenvalue weighted by molar-refractivity contribution is 6.43. The molecule has 2 unspecified atom stereocenters. The van der Waals surface area contributed by atoms with E-state index in [1.54, 1.807) is 18.2 Å². The molecule has 2 rings (SSSR count). The van der Waals surface area contributed by atoms with Crippen LogP contribution in [0.5, 0.6) is 0 Å².